The van der Waals surface area contributed by atoms with Gasteiger partial charge in [-0.15, -0.1) is 0 Å². The van der Waals surface area contributed by atoms with Crippen LogP contribution in [0.2, 0.25) is 0 Å². The van der Waals surface area contributed by atoms with Crippen LogP contribution < -0.4 is 0 Å². The molecular weight excluding hydrogens is 337 g/mol. The largest absolute Gasteiger partial charge is 0.481 e. The van der Waals surface area contributed by atoms with Gasteiger partial charge < -0.3 is 10.0 Å². The van der Waals surface area contributed by atoms with Gasteiger partial charge in [-0.2, -0.15) is 5.10 Å². The summed E-state index contributed by atoms with van der Waals surface area (Å²) in [6.07, 6.45) is 3.30. The Morgan fingerprint density at radius 3 is 2.62 bits per heavy atom. The van der Waals surface area contributed by atoms with Crippen LogP contribution in [-0.2, 0) is 11.2 Å². The number of halogens is 1. The minimum absolute atomic E-state index is 0.187. The van der Waals surface area contributed by atoms with E-state index in [2.05, 4.69) is 5.10 Å². The van der Waals surface area contributed by atoms with Crippen molar-refractivity contribution < 1.29 is 19.1 Å². The Morgan fingerprint density at radius 1 is 1.31 bits per heavy atom. The van der Waals surface area contributed by atoms with E-state index in [1.165, 1.54) is 18.3 Å². The molecule has 1 unspecified atom stereocenters. The van der Waals surface area contributed by atoms with Crippen molar-refractivity contribution in [2.24, 2.45) is 5.41 Å². The number of hydrogen-bond acceptors (Lipinski definition) is 3. The third-order valence-corrected chi connectivity index (χ3v) is 5.01. The molecule has 6 nitrogen and oxygen atoms in total. The summed E-state index contributed by atoms with van der Waals surface area (Å²) in [7, 11) is 0. The highest BCUT2D eigenvalue weighted by atomic mass is 19.1. The molecule has 1 aliphatic rings. The van der Waals surface area contributed by atoms with Crippen molar-refractivity contribution >= 4 is 11.9 Å². The third-order valence-electron chi connectivity index (χ3n) is 5.01. The number of benzene rings is 1. The SMILES string of the molecule is CCc1c(C(=O)N2CCCC(C)(C(=O)O)C2)cnn1-c1ccc(F)cc1. The van der Waals surface area contributed by atoms with Crippen LogP contribution in [0.5, 0.6) is 0 Å². The smallest absolute Gasteiger partial charge is 0.311 e. The van der Waals surface area contributed by atoms with E-state index < -0.39 is 11.4 Å². The van der Waals surface area contributed by atoms with Crippen molar-refractivity contribution in [1.82, 2.24) is 14.7 Å². The first-order chi connectivity index (χ1) is 12.4. The van der Waals surface area contributed by atoms with E-state index >= 15 is 0 Å². The Kier molecular flexibility index (Phi) is 4.80. The molecule has 2 aromatic rings. The number of carbonyl (C=O) groups is 2. The van der Waals surface area contributed by atoms with Gasteiger partial charge in [-0.3, -0.25) is 9.59 Å². The molecule has 1 aliphatic heterocycles. The van der Waals surface area contributed by atoms with Crippen LogP contribution in [0.25, 0.3) is 5.69 Å². The average molecular weight is 359 g/mol. The fourth-order valence-corrected chi connectivity index (χ4v) is 3.46. The number of carboxylic acids is 1. The van der Waals surface area contributed by atoms with Gasteiger partial charge in [-0.1, -0.05) is 6.92 Å². The molecule has 1 aromatic heterocycles. The molecule has 1 atom stereocenters. The normalized spacial score (nSPS) is 20.2. The number of hydrogen-bond donors (Lipinski definition) is 1. The monoisotopic (exact) mass is 359 g/mol. The minimum Gasteiger partial charge on any atom is -0.481 e. The number of aromatic nitrogens is 2. The van der Waals surface area contributed by atoms with Crippen molar-refractivity contribution in [3.63, 3.8) is 0 Å². The molecule has 1 N–H and O–H groups in total. The maximum Gasteiger partial charge on any atom is 0.311 e. The maximum absolute atomic E-state index is 13.2. The first-order valence-corrected chi connectivity index (χ1v) is 8.71. The van der Waals surface area contributed by atoms with Gasteiger partial charge in [0.1, 0.15) is 5.82 Å². The lowest BCUT2D eigenvalue weighted by Gasteiger charge is -2.37. The van der Waals surface area contributed by atoms with Gasteiger partial charge in [0.25, 0.3) is 5.91 Å². The van der Waals surface area contributed by atoms with E-state index in [0.717, 1.165) is 5.69 Å². The van der Waals surface area contributed by atoms with E-state index in [9.17, 15) is 19.1 Å². The summed E-state index contributed by atoms with van der Waals surface area (Å²) in [6.45, 7) is 4.32. The topological polar surface area (TPSA) is 75.4 Å². The molecule has 2 heterocycles. The zero-order valence-corrected chi connectivity index (χ0v) is 14.9. The van der Waals surface area contributed by atoms with Crippen molar-refractivity contribution in [3.8, 4) is 5.69 Å². The fourth-order valence-electron chi connectivity index (χ4n) is 3.46. The van der Waals surface area contributed by atoms with Crippen molar-refractivity contribution in [1.29, 1.82) is 0 Å². The lowest BCUT2D eigenvalue weighted by Crippen LogP contribution is -2.48. The van der Waals surface area contributed by atoms with Gasteiger partial charge >= 0.3 is 5.97 Å². The van der Waals surface area contributed by atoms with Gasteiger partial charge in [-0.25, -0.2) is 9.07 Å². The number of aliphatic carboxylic acids is 1. The van der Waals surface area contributed by atoms with Crippen LogP contribution in [-0.4, -0.2) is 44.8 Å². The number of carbonyl (C=O) groups excluding carboxylic acids is 1. The molecule has 0 bridgehead atoms. The Morgan fingerprint density at radius 2 is 2.00 bits per heavy atom. The molecule has 0 aliphatic carbocycles. The number of likely N-dealkylation sites (tertiary alicyclic amines) is 1. The zero-order chi connectivity index (χ0) is 18.9. The van der Waals surface area contributed by atoms with Crippen LogP contribution in [0.15, 0.2) is 30.5 Å². The fraction of sp³-hybridized carbons (Fsp3) is 0.421. The minimum atomic E-state index is -0.923. The lowest BCUT2D eigenvalue weighted by molar-refractivity contribution is -0.150. The molecular formula is C19H22FN3O3. The molecule has 0 spiro atoms. The van der Waals surface area contributed by atoms with E-state index in [4.69, 9.17) is 0 Å². The summed E-state index contributed by atoms with van der Waals surface area (Å²) in [5, 5.41) is 13.8. The Labute approximate surface area is 151 Å². The molecule has 26 heavy (non-hydrogen) atoms. The molecule has 0 radical (unpaired) electrons. The van der Waals surface area contributed by atoms with Crippen LogP contribution in [0.1, 0.15) is 42.7 Å². The van der Waals surface area contributed by atoms with E-state index in [-0.39, 0.29) is 18.3 Å². The molecule has 1 amide bonds. The number of piperidine rings is 1. The summed E-state index contributed by atoms with van der Waals surface area (Å²) in [6, 6.07) is 5.91. The molecule has 3 rings (SSSR count). The molecule has 0 saturated carbocycles. The van der Waals surface area contributed by atoms with E-state index in [1.807, 2.05) is 6.92 Å². The van der Waals surface area contributed by atoms with Crippen molar-refractivity contribution in [3.05, 3.63) is 47.5 Å². The molecule has 1 aromatic carbocycles. The number of amides is 1. The summed E-state index contributed by atoms with van der Waals surface area (Å²) >= 11 is 0. The summed E-state index contributed by atoms with van der Waals surface area (Å²) in [4.78, 5) is 26.1. The van der Waals surface area contributed by atoms with E-state index in [0.29, 0.717) is 37.1 Å². The van der Waals surface area contributed by atoms with Gasteiger partial charge in [-0.05, 0) is 50.5 Å². The second kappa shape index (κ2) is 6.90. The second-order valence-electron chi connectivity index (χ2n) is 6.94. The van der Waals surface area contributed by atoms with Crippen molar-refractivity contribution in [2.75, 3.05) is 13.1 Å². The first-order valence-electron chi connectivity index (χ1n) is 8.71. The van der Waals surface area contributed by atoms with Gasteiger partial charge in [0.05, 0.1) is 28.6 Å². The van der Waals surface area contributed by atoms with Gasteiger partial charge in [0.2, 0.25) is 0 Å². The molecule has 138 valence electrons. The number of rotatable bonds is 4. The Hall–Kier alpha value is -2.70. The predicted molar refractivity (Wildman–Crippen MR) is 93.8 cm³/mol. The van der Waals surface area contributed by atoms with Crippen LogP contribution in [0, 0.1) is 11.2 Å². The van der Waals surface area contributed by atoms with Crippen molar-refractivity contribution in [2.45, 2.75) is 33.1 Å². The maximum atomic E-state index is 13.2. The Balaban J connectivity index is 1.91. The third kappa shape index (κ3) is 3.21. The van der Waals surface area contributed by atoms with Crippen LogP contribution in [0.4, 0.5) is 4.39 Å². The second-order valence-corrected chi connectivity index (χ2v) is 6.94. The van der Waals surface area contributed by atoms with Gasteiger partial charge in [0.15, 0.2) is 0 Å². The number of nitrogens with zero attached hydrogens (tertiary/aromatic N) is 3. The predicted octanol–water partition coefficient (Wildman–Crippen LogP) is 2.90. The summed E-state index contributed by atoms with van der Waals surface area (Å²) in [5.41, 5.74) is 0.944. The van der Waals surface area contributed by atoms with E-state index in [1.54, 1.807) is 28.6 Å². The Bertz CT molecular complexity index is 831. The lowest BCUT2D eigenvalue weighted by atomic mass is 9.82. The van der Waals surface area contributed by atoms with Crippen LogP contribution >= 0.6 is 0 Å². The van der Waals surface area contributed by atoms with Crippen LogP contribution in [0.3, 0.4) is 0 Å². The summed E-state index contributed by atoms with van der Waals surface area (Å²) in [5.74, 6) is -1.42. The highest BCUT2D eigenvalue weighted by Gasteiger charge is 2.40. The quantitative estimate of drug-likeness (QED) is 0.911. The first kappa shape index (κ1) is 18.1. The highest BCUT2D eigenvalue weighted by Crippen LogP contribution is 2.31. The molecule has 1 fully saturated rings. The molecule has 7 heteroatoms. The number of carboxylic acid groups (broad SMARTS) is 1. The zero-order valence-electron chi connectivity index (χ0n) is 14.9. The standard InChI is InChI=1S/C19H22FN3O3/c1-3-16-15(11-21-23(16)14-7-5-13(20)6-8-14)17(24)22-10-4-9-19(2,12-22)18(25)26/h5-8,11H,3-4,9-10,12H2,1-2H3,(H,25,26). The average Bonchev–Trinajstić information content (AvgIpc) is 3.05. The highest BCUT2D eigenvalue weighted by molar-refractivity contribution is 5.95. The summed E-state index contributed by atoms with van der Waals surface area (Å²) < 4.78 is 14.8. The molecule has 1 saturated heterocycles. The van der Waals surface area contributed by atoms with Gasteiger partial charge in [0, 0.05) is 13.1 Å².